The summed E-state index contributed by atoms with van der Waals surface area (Å²) in [5.74, 6) is -1.79. The summed E-state index contributed by atoms with van der Waals surface area (Å²) in [6.45, 7) is 3.46. The molecule has 5 rings (SSSR count). The van der Waals surface area contributed by atoms with E-state index < -0.39 is 29.2 Å². The van der Waals surface area contributed by atoms with Crippen LogP contribution in [0.4, 0.5) is 0 Å². The number of thiophene rings is 1. The van der Waals surface area contributed by atoms with Crippen molar-refractivity contribution >= 4 is 27.5 Å². The third kappa shape index (κ3) is 5.34. The molecule has 10 heteroatoms. The number of fused-ring (bicyclic) bond motifs is 1. The van der Waals surface area contributed by atoms with Crippen molar-refractivity contribution in [2.24, 2.45) is 5.92 Å². The fraction of sp³-hybridized carbons (Fsp3) is 0.241. The Hall–Kier alpha value is -4.28. The van der Waals surface area contributed by atoms with E-state index in [0.717, 1.165) is 20.6 Å². The first-order valence-electron chi connectivity index (χ1n) is 12.4. The fourth-order valence-electron chi connectivity index (χ4n) is 4.51. The van der Waals surface area contributed by atoms with Crippen LogP contribution in [0.5, 0.6) is 0 Å². The van der Waals surface area contributed by atoms with Gasteiger partial charge in [0.2, 0.25) is 5.89 Å². The van der Waals surface area contributed by atoms with Gasteiger partial charge < -0.3 is 14.3 Å². The van der Waals surface area contributed by atoms with Crippen molar-refractivity contribution in [3.8, 4) is 11.5 Å². The molecule has 2 atom stereocenters. The molecule has 0 fully saturated rings. The molecule has 200 valence electrons. The summed E-state index contributed by atoms with van der Waals surface area (Å²) in [6.07, 6.45) is 2.38. The number of aliphatic carboxylic acids is 1. The van der Waals surface area contributed by atoms with Gasteiger partial charge in [-0.2, -0.15) is 0 Å². The van der Waals surface area contributed by atoms with Gasteiger partial charge in [-0.25, -0.2) is 9.78 Å². The summed E-state index contributed by atoms with van der Waals surface area (Å²) in [5.41, 5.74) is 1.18. The molecule has 5 aromatic rings. The first-order chi connectivity index (χ1) is 18.8. The van der Waals surface area contributed by atoms with E-state index in [1.807, 2.05) is 67.6 Å². The third-order valence-electron chi connectivity index (χ3n) is 6.57. The van der Waals surface area contributed by atoms with E-state index in [1.165, 1.54) is 35.3 Å². The second-order valence-electron chi connectivity index (χ2n) is 9.29. The lowest BCUT2D eigenvalue weighted by Crippen LogP contribution is -2.42. The van der Waals surface area contributed by atoms with E-state index in [4.69, 9.17) is 9.15 Å². The predicted octanol–water partition coefficient (Wildman–Crippen LogP) is 4.87. The molecule has 39 heavy (non-hydrogen) atoms. The number of rotatable bonds is 10. The molecule has 0 aliphatic rings. The van der Waals surface area contributed by atoms with Crippen LogP contribution >= 0.6 is 11.3 Å². The number of carbonyl (C=O) groups is 1. The maximum Gasteiger partial charge on any atom is 0.332 e. The summed E-state index contributed by atoms with van der Waals surface area (Å²) >= 11 is 1.30. The van der Waals surface area contributed by atoms with E-state index in [-0.39, 0.29) is 24.4 Å². The molecule has 0 spiro atoms. The van der Waals surface area contributed by atoms with Crippen LogP contribution in [0.3, 0.4) is 0 Å². The number of carboxylic acids is 1. The van der Waals surface area contributed by atoms with Crippen LogP contribution in [0, 0.1) is 12.8 Å². The minimum absolute atomic E-state index is 0.110. The quantitative estimate of drug-likeness (QED) is 0.266. The first kappa shape index (κ1) is 26.3. The Labute approximate surface area is 227 Å². The molecule has 2 aromatic carbocycles. The molecule has 9 nitrogen and oxygen atoms in total. The third-order valence-corrected chi connectivity index (χ3v) is 7.70. The van der Waals surface area contributed by atoms with Crippen LogP contribution < -0.4 is 11.2 Å². The molecule has 0 saturated heterocycles. The van der Waals surface area contributed by atoms with Crippen molar-refractivity contribution in [1.82, 2.24) is 14.1 Å². The predicted molar refractivity (Wildman–Crippen MR) is 148 cm³/mol. The molecular weight excluding hydrogens is 518 g/mol. The largest absolute Gasteiger partial charge is 0.481 e. The van der Waals surface area contributed by atoms with Gasteiger partial charge in [0.05, 0.1) is 36.2 Å². The molecule has 3 heterocycles. The van der Waals surface area contributed by atoms with Gasteiger partial charge in [-0.3, -0.25) is 18.7 Å². The highest BCUT2D eigenvalue weighted by Crippen LogP contribution is 2.36. The Morgan fingerprint density at radius 2 is 1.74 bits per heavy atom. The van der Waals surface area contributed by atoms with Crippen molar-refractivity contribution in [3.05, 3.63) is 110 Å². The summed E-state index contributed by atoms with van der Waals surface area (Å²) in [6, 6.07) is 19.3. The van der Waals surface area contributed by atoms with Crippen LogP contribution in [-0.2, 0) is 29.2 Å². The molecule has 0 bridgehead atoms. The lowest BCUT2D eigenvalue weighted by atomic mass is 10.1. The van der Waals surface area contributed by atoms with E-state index in [2.05, 4.69) is 4.98 Å². The SMILES string of the molecule is Cc1sc2c(c1-c1ncco1)c(=O)n(CC(C)C(=O)O)c(=O)n2C[C@H](OCc1ccccc1)c1ccccc1. The van der Waals surface area contributed by atoms with Gasteiger partial charge >= 0.3 is 11.7 Å². The molecule has 1 N–H and O–H groups in total. The monoisotopic (exact) mass is 545 g/mol. The number of hydrogen-bond acceptors (Lipinski definition) is 7. The Balaban J connectivity index is 1.68. The zero-order chi connectivity index (χ0) is 27.5. The molecule has 0 aliphatic carbocycles. The standard InChI is InChI=1S/C29H27N3O6S/c1-18(28(34)35)15-31-26(33)24-23(25-30-13-14-37-25)19(2)39-27(24)32(29(31)36)16-22(21-11-7-4-8-12-21)38-17-20-9-5-3-6-10-20/h3-14,18,22H,15-17H2,1-2H3,(H,34,35)/t18?,22-/m0/s1. The number of oxazole rings is 1. The smallest absolute Gasteiger partial charge is 0.332 e. The van der Waals surface area contributed by atoms with E-state index in [0.29, 0.717) is 17.0 Å². The molecule has 0 amide bonds. The van der Waals surface area contributed by atoms with E-state index >= 15 is 0 Å². The molecule has 1 unspecified atom stereocenters. The molecule has 3 aromatic heterocycles. The van der Waals surface area contributed by atoms with E-state index in [9.17, 15) is 19.5 Å². The van der Waals surface area contributed by atoms with E-state index in [1.54, 1.807) is 0 Å². The van der Waals surface area contributed by atoms with Gasteiger partial charge in [0.25, 0.3) is 5.56 Å². The van der Waals surface area contributed by atoms with Crippen molar-refractivity contribution < 1.29 is 19.1 Å². The number of nitrogens with zero attached hydrogens (tertiary/aromatic N) is 3. The van der Waals surface area contributed by atoms with Gasteiger partial charge in [0.15, 0.2) is 0 Å². The fourth-order valence-corrected chi connectivity index (χ4v) is 5.65. The van der Waals surface area contributed by atoms with Gasteiger partial charge in [-0.05, 0) is 18.1 Å². The topological polar surface area (TPSA) is 117 Å². The minimum atomic E-state index is -1.10. The zero-order valence-electron chi connectivity index (χ0n) is 21.4. The van der Waals surface area contributed by atoms with Gasteiger partial charge in [-0.15, -0.1) is 11.3 Å². The normalized spacial score (nSPS) is 13.0. The number of ether oxygens (including phenoxy) is 1. The Morgan fingerprint density at radius 3 is 2.38 bits per heavy atom. The minimum Gasteiger partial charge on any atom is -0.481 e. The maximum absolute atomic E-state index is 13.9. The highest BCUT2D eigenvalue weighted by Gasteiger charge is 2.27. The van der Waals surface area contributed by atoms with Crippen molar-refractivity contribution in [2.75, 3.05) is 0 Å². The number of hydrogen-bond donors (Lipinski definition) is 1. The lowest BCUT2D eigenvalue weighted by Gasteiger charge is -2.21. The zero-order valence-corrected chi connectivity index (χ0v) is 22.3. The summed E-state index contributed by atoms with van der Waals surface area (Å²) in [5, 5.41) is 9.79. The van der Waals surface area contributed by atoms with Crippen LogP contribution in [0.15, 0.2) is 87.1 Å². The first-order valence-corrected chi connectivity index (χ1v) is 13.3. The second-order valence-corrected chi connectivity index (χ2v) is 10.5. The maximum atomic E-state index is 13.9. The molecular formula is C29H27N3O6S. The van der Waals surface area contributed by atoms with Gasteiger partial charge in [0.1, 0.15) is 17.2 Å². The summed E-state index contributed by atoms with van der Waals surface area (Å²) in [4.78, 5) is 44.7. The van der Waals surface area contributed by atoms with Crippen molar-refractivity contribution in [3.63, 3.8) is 0 Å². The second kappa shape index (κ2) is 11.2. The average molecular weight is 546 g/mol. The molecule has 0 aliphatic heterocycles. The van der Waals surface area contributed by atoms with Crippen LogP contribution in [-0.4, -0.2) is 25.2 Å². The van der Waals surface area contributed by atoms with Crippen LogP contribution in [0.25, 0.3) is 21.7 Å². The molecule has 0 saturated carbocycles. The number of aromatic nitrogens is 3. The summed E-state index contributed by atoms with van der Waals surface area (Å²) < 4.78 is 14.4. The Morgan fingerprint density at radius 1 is 1.05 bits per heavy atom. The highest BCUT2D eigenvalue weighted by atomic mass is 32.1. The Bertz CT molecular complexity index is 1710. The number of benzene rings is 2. The van der Waals surface area contributed by atoms with Crippen LogP contribution in [0.1, 0.15) is 29.0 Å². The Kier molecular flexibility index (Phi) is 7.58. The lowest BCUT2D eigenvalue weighted by molar-refractivity contribution is -0.141. The summed E-state index contributed by atoms with van der Waals surface area (Å²) in [7, 11) is 0. The average Bonchev–Trinajstić information content (AvgIpc) is 3.59. The van der Waals surface area contributed by atoms with Crippen molar-refractivity contribution in [1.29, 1.82) is 0 Å². The van der Waals surface area contributed by atoms with Crippen molar-refractivity contribution in [2.45, 2.75) is 39.6 Å². The highest BCUT2D eigenvalue weighted by molar-refractivity contribution is 7.19. The van der Waals surface area contributed by atoms with Gasteiger partial charge in [-0.1, -0.05) is 67.6 Å². The molecule has 0 radical (unpaired) electrons. The van der Waals surface area contributed by atoms with Gasteiger partial charge in [0, 0.05) is 11.4 Å². The number of aryl methyl sites for hydroxylation is 1. The number of carboxylic acid groups (broad SMARTS) is 1. The van der Waals surface area contributed by atoms with Crippen LogP contribution in [0.2, 0.25) is 0 Å².